The van der Waals surface area contributed by atoms with Gasteiger partial charge in [-0.05, 0) is 57.8 Å². The first-order valence-electron chi connectivity index (χ1n) is 33.1. The van der Waals surface area contributed by atoms with Crippen LogP contribution in [0.15, 0.2) is 48.6 Å². The fourth-order valence-corrected chi connectivity index (χ4v) is 9.91. The van der Waals surface area contributed by atoms with E-state index < -0.39 is 6.10 Å². The highest BCUT2D eigenvalue weighted by Crippen LogP contribution is 2.18. The highest BCUT2D eigenvalue weighted by molar-refractivity contribution is 5.71. The summed E-state index contributed by atoms with van der Waals surface area (Å²) in [6.07, 6.45) is 80.0. The van der Waals surface area contributed by atoms with Gasteiger partial charge >= 0.3 is 17.9 Å². The lowest BCUT2D eigenvalue weighted by atomic mass is 10.0. The number of rotatable bonds is 61. The third-order valence-electron chi connectivity index (χ3n) is 14.8. The van der Waals surface area contributed by atoms with Gasteiger partial charge in [-0.2, -0.15) is 0 Å². The maximum absolute atomic E-state index is 12.8. The minimum Gasteiger partial charge on any atom is -0.462 e. The highest BCUT2D eigenvalue weighted by Gasteiger charge is 2.19. The van der Waals surface area contributed by atoms with E-state index in [2.05, 4.69) is 69.4 Å². The van der Waals surface area contributed by atoms with Gasteiger partial charge in [0, 0.05) is 19.3 Å². The van der Waals surface area contributed by atoms with E-state index in [0.29, 0.717) is 19.3 Å². The van der Waals surface area contributed by atoms with Crippen molar-refractivity contribution in [1.29, 1.82) is 0 Å². The van der Waals surface area contributed by atoms with Crippen molar-refractivity contribution < 1.29 is 28.6 Å². The maximum atomic E-state index is 12.8. The van der Waals surface area contributed by atoms with Crippen molar-refractivity contribution in [2.75, 3.05) is 13.2 Å². The van der Waals surface area contributed by atoms with Gasteiger partial charge < -0.3 is 14.2 Å². The van der Waals surface area contributed by atoms with Gasteiger partial charge in [-0.15, -0.1) is 0 Å². The largest absolute Gasteiger partial charge is 0.462 e. The Balaban J connectivity index is 4.03. The smallest absolute Gasteiger partial charge is 0.306 e. The van der Waals surface area contributed by atoms with Gasteiger partial charge in [-0.25, -0.2) is 0 Å². The fraction of sp³-hybridized carbons (Fsp3) is 0.841. The van der Waals surface area contributed by atoms with E-state index in [1.54, 1.807) is 0 Å². The minimum atomic E-state index is -0.765. The van der Waals surface area contributed by atoms with Crippen LogP contribution in [0.3, 0.4) is 0 Å². The van der Waals surface area contributed by atoms with Gasteiger partial charge in [0.05, 0.1) is 0 Å². The van der Waals surface area contributed by atoms with Crippen molar-refractivity contribution in [3.05, 3.63) is 48.6 Å². The van der Waals surface area contributed by atoms with Gasteiger partial charge in [0.1, 0.15) is 13.2 Å². The van der Waals surface area contributed by atoms with E-state index in [1.807, 2.05) is 0 Å². The second kappa shape index (κ2) is 63.9. The van der Waals surface area contributed by atoms with Crippen LogP contribution in [0.25, 0.3) is 0 Å². The van der Waals surface area contributed by atoms with Crippen LogP contribution in [0.2, 0.25) is 0 Å². The van der Waals surface area contributed by atoms with Crippen molar-refractivity contribution in [2.24, 2.45) is 0 Å². The third-order valence-corrected chi connectivity index (χ3v) is 14.8. The molecule has 1 atom stereocenters. The lowest BCUT2D eigenvalue weighted by Crippen LogP contribution is -2.30. The molecule has 0 spiro atoms. The first-order chi connectivity index (χ1) is 37.0. The average Bonchev–Trinajstić information content (AvgIpc) is 3.41. The summed E-state index contributed by atoms with van der Waals surface area (Å²) in [4.78, 5) is 38.2. The number of unbranched alkanes of at least 4 members (excludes halogenated alkanes) is 42. The summed E-state index contributed by atoms with van der Waals surface area (Å²) in [5.41, 5.74) is 0. The van der Waals surface area contributed by atoms with Crippen LogP contribution < -0.4 is 0 Å². The van der Waals surface area contributed by atoms with E-state index in [9.17, 15) is 14.4 Å². The van der Waals surface area contributed by atoms with Crippen LogP contribution >= 0.6 is 0 Å². The molecule has 0 aliphatic carbocycles. The summed E-state index contributed by atoms with van der Waals surface area (Å²) < 4.78 is 16.9. The molecule has 6 nitrogen and oxygen atoms in total. The summed E-state index contributed by atoms with van der Waals surface area (Å²) in [5, 5.41) is 0. The summed E-state index contributed by atoms with van der Waals surface area (Å²) in [7, 11) is 0. The lowest BCUT2D eigenvalue weighted by Gasteiger charge is -2.18. The first kappa shape index (κ1) is 72.4. The molecule has 0 rings (SSSR count). The van der Waals surface area contributed by atoms with E-state index in [0.717, 1.165) is 83.5 Å². The normalized spacial score (nSPS) is 12.3. The zero-order valence-electron chi connectivity index (χ0n) is 50.3. The van der Waals surface area contributed by atoms with Crippen LogP contribution in [-0.4, -0.2) is 37.2 Å². The standard InChI is InChI=1S/C69H126O6/c1-4-7-10-13-16-19-22-24-25-26-27-28-29-30-31-32-33-34-35-36-37-38-39-40-41-42-43-45-47-50-53-56-59-62-68(71)74-65-66(64-73-67(70)61-58-55-52-49-46-21-18-15-12-9-6-3)75-69(72)63-60-57-54-51-48-44-23-20-17-14-11-8-5-2/h7,10,16,19,24-25,27-28,66H,4-6,8-9,11-15,17-18,20-23,26,29-65H2,1-3H3/b10-7-,19-16-,25-24-,28-27-. The molecule has 6 heteroatoms. The molecule has 0 N–H and O–H groups in total. The molecule has 0 fully saturated rings. The summed E-state index contributed by atoms with van der Waals surface area (Å²) in [5.74, 6) is -0.842. The quantitative estimate of drug-likeness (QED) is 0.0261. The second-order valence-corrected chi connectivity index (χ2v) is 22.4. The molecular formula is C69H126O6. The van der Waals surface area contributed by atoms with E-state index in [4.69, 9.17) is 14.2 Å². The molecule has 0 aromatic heterocycles. The average molecular weight is 1050 g/mol. The number of esters is 3. The molecule has 0 bridgehead atoms. The third kappa shape index (κ3) is 62.1. The number of carbonyl (C=O) groups is 3. The van der Waals surface area contributed by atoms with Gasteiger partial charge in [-0.1, -0.05) is 326 Å². The molecule has 0 aromatic rings. The van der Waals surface area contributed by atoms with E-state index >= 15 is 0 Å². The monoisotopic (exact) mass is 1050 g/mol. The topological polar surface area (TPSA) is 78.9 Å². The Bertz CT molecular complexity index is 1300. The van der Waals surface area contributed by atoms with Crippen molar-refractivity contribution in [2.45, 2.75) is 361 Å². The summed E-state index contributed by atoms with van der Waals surface area (Å²) in [6.45, 7) is 6.57. The molecule has 0 saturated heterocycles. The van der Waals surface area contributed by atoms with Crippen molar-refractivity contribution in [3.63, 3.8) is 0 Å². The number of hydrogen-bond donors (Lipinski definition) is 0. The molecule has 75 heavy (non-hydrogen) atoms. The Labute approximate surface area is 467 Å². The molecule has 0 amide bonds. The van der Waals surface area contributed by atoms with Gasteiger partial charge in [0.25, 0.3) is 0 Å². The Morgan fingerprint density at radius 3 is 0.813 bits per heavy atom. The molecule has 0 aliphatic rings. The molecule has 0 saturated carbocycles. The lowest BCUT2D eigenvalue weighted by molar-refractivity contribution is -0.167. The van der Waals surface area contributed by atoms with Crippen LogP contribution in [-0.2, 0) is 28.6 Å². The van der Waals surface area contributed by atoms with Crippen LogP contribution in [0.4, 0.5) is 0 Å². The number of allylic oxidation sites excluding steroid dienone is 8. The number of carbonyl (C=O) groups excluding carboxylic acids is 3. The van der Waals surface area contributed by atoms with Crippen molar-refractivity contribution in [1.82, 2.24) is 0 Å². The molecule has 0 aromatic carbocycles. The van der Waals surface area contributed by atoms with Crippen LogP contribution in [0.1, 0.15) is 355 Å². The Morgan fingerprint density at radius 2 is 0.520 bits per heavy atom. The molecule has 1 unspecified atom stereocenters. The van der Waals surface area contributed by atoms with E-state index in [1.165, 1.54) is 231 Å². The summed E-state index contributed by atoms with van der Waals surface area (Å²) >= 11 is 0. The second-order valence-electron chi connectivity index (χ2n) is 22.4. The predicted molar refractivity (Wildman–Crippen MR) is 325 cm³/mol. The zero-order chi connectivity index (χ0) is 54.3. The van der Waals surface area contributed by atoms with Gasteiger partial charge in [0.2, 0.25) is 0 Å². The highest BCUT2D eigenvalue weighted by atomic mass is 16.6. The Kier molecular flexibility index (Phi) is 61.7. The maximum Gasteiger partial charge on any atom is 0.306 e. The predicted octanol–water partition coefficient (Wildman–Crippen LogP) is 22.6. The Hall–Kier alpha value is -2.63. The molecular weight excluding hydrogens is 925 g/mol. The van der Waals surface area contributed by atoms with Gasteiger partial charge in [0.15, 0.2) is 6.10 Å². The van der Waals surface area contributed by atoms with E-state index in [-0.39, 0.29) is 31.1 Å². The molecule has 0 radical (unpaired) electrons. The SMILES string of the molecule is CC/C=C\C/C=C\C/C=C\C/C=C\CCCCCCCCCCCCCCCCCCCCCCC(=O)OCC(COC(=O)CCCCCCCCCCCCC)OC(=O)CCCCCCCCCCCCCCC. The van der Waals surface area contributed by atoms with Gasteiger partial charge in [-0.3, -0.25) is 14.4 Å². The Morgan fingerprint density at radius 1 is 0.280 bits per heavy atom. The van der Waals surface area contributed by atoms with Crippen molar-refractivity contribution >= 4 is 17.9 Å². The van der Waals surface area contributed by atoms with Crippen LogP contribution in [0, 0.1) is 0 Å². The molecule has 0 heterocycles. The zero-order valence-corrected chi connectivity index (χ0v) is 50.3. The van der Waals surface area contributed by atoms with Crippen LogP contribution in [0.5, 0.6) is 0 Å². The van der Waals surface area contributed by atoms with Crippen molar-refractivity contribution in [3.8, 4) is 0 Å². The number of ether oxygens (including phenoxy) is 3. The molecule has 0 aliphatic heterocycles. The minimum absolute atomic E-state index is 0.0651. The number of hydrogen-bond acceptors (Lipinski definition) is 6. The summed E-state index contributed by atoms with van der Waals surface area (Å²) in [6, 6.07) is 0. The fourth-order valence-electron chi connectivity index (χ4n) is 9.91. The molecule has 438 valence electrons. The first-order valence-corrected chi connectivity index (χ1v) is 33.1.